The molecule has 0 radical (unpaired) electrons. The molecule has 0 amide bonds. The molecule has 0 heterocycles. The highest BCUT2D eigenvalue weighted by Crippen LogP contribution is 2.68. The molecule has 0 aromatic carbocycles. The van der Waals surface area contributed by atoms with Crippen molar-refractivity contribution in [2.24, 2.45) is 40.4 Å². The largest absolute Gasteiger partial charge is 0.395 e. The van der Waals surface area contributed by atoms with Crippen LogP contribution in [0.5, 0.6) is 0 Å². The van der Waals surface area contributed by atoms with E-state index in [1.54, 1.807) is 0 Å². The Morgan fingerprint density at radius 3 is 2.45 bits per heavy atom. The SMILES string of the molecule is CC(C)CCC[C@@H](C)[C@H]1CC[C@H]2[C@@H]3[C@@H](O)C=C4C[C@@H](O)CC[C@]4(CO)[C@@]3(O)CC[C@]12C. The predicted octanol–water partition coefficient (Wildman–Crippen LogP) is 4.45. The molecule has 4 nitrogen and oxygen atoms in total. The summed E-state index contributed by atoms with van der Waals surface area (Å²) < 4.78 is 0. The maximum Gasteiger partial charge on any atom is 0.0821 e. The van der Waals surface area contributed by atoms with E-state index in [2.05, 4.69) is 27.7 Å². The minimum absolute atomic E-state index is 0.0935. The van der Waals surface area contributed by atoms with E-state index in [0.29, 0.717) is 37.5 Å². The third-order valence-electron chi connectivity index (χ3n) is 10.5. The number of aliphatic hydroxyl groups excluding tert-OH is 3. The second kappa shape index (κ2) is 8.42. The van der Waals surface area contributed by atoms with E-state index in [0.717, 1.165) is 24.3 Å². The monoisotopic (exact) mass is 434 g/mol. The molecule has 4 aliphatic carbocycles. The van der Waals surface area contributed by atoms with Crippen LogP contribution in [0.25, 0.3) is 0 Å². The quantitative estimate of drug-likeness (QED) is 0.466. The van der Waals surface area contributed by atoms with Crippen LogP contribution >= 0.6 is 0 Å². The molecule has 0 bridgehead atoms. The van der Waals surface area contributed by atoms with Crippen LogP contribution in [0.1, 0.15) is 91.9 Å². The van der Waals surface area contributed by atoms with E-state index in [4.69, 9.17) is 0 Å². The first-order valence-electron chi connectivity index (χ1n) is 13.0. The first-order valence-corrected chi connectivity index (χ1v) is 13.0. The number of rotatable bonds is 6. The molecule has 4 aliphatic rings. The van der Waals surface area contributed by atoms with Crippen LogP contribution in [-0.4, -0.2) is 44.8 Å². The van der Waals surface area contributed by atoms with Gasteiger partial charge in [0.25, 0.3) is 0 Å². The summed E-state index contributed by atoms with van der Waals surface area (Å²) in [5.41, 5.74) is -0.741. The second-order valence-electron chi connectivity index (χ2n) is 12.4. The van der Waals surface area contributed by atoms with Crippen molar-refractivity contribution in [3.8, 4) is 0 Å². The van der Waals surface area contributed by atoms with Crippen LogP contribution in [0.3, 0.4) is 0 Å². The molecule has 4 heteroatoms. The molecular formula is C27H46O4. The van der Waals surface area contributed by atoms with E-state index in [1.165, 1.54) is 25.7 Å². The van der Waals surface area contributed by atoms with Crippen molar-refractivity contribution in [1.82, 2.24) is 0 Å². The first-order chi connectivity index (χ1) is 14.6. The second-order valence-corrected chi connectivity index (χ2v) is 12.4. The van der Waals surface area contributed by atoms with Gasteiger partial charge in [-0.05, 0) is 74.0 Å². The third kappa shape index (κ3) is 3.55. The molecule has 0 unspecified atom stereocenters. The number of hydrogen-bond acceptors (Lipinski definition) is 4. The van der Waals surface area contributed by atoms with Crippen molar-refractivity contribution in [2.45, 2.75) is 110 Å². The molecule has 0 aliphatic heterocycles. The minimum atomic E-state index is -1.08. The predicted molar refractivity (Wildman–Crippen MR) is 123 cm³/mol. The summed E-state index contributed by atoms with van der Waals surface area (Å²) in [4.78, 5) is 0. The van der Waals surface area contributed by atoms with Gasteiger partial charge in [-0.2, -0.15) is 0 Å². The minimum Gasteiger partial charge on any atom is -0.395 e. The van der Waals surface area contributed by atoms with Gasteiger partial charge in [0.15, 0.2) is 0 Å². The normalized spacial score (nSPS) is 48.0. The average molecular weight is 435 g/mol. The van der Waals surface area contributed by atoms with E-state index in [9.17, 15) is 20.4 Å². The topological polar surface area (TPSA) is 80.9 Å². The van der Waals surface area contributed by atoms with Gasteiger partial charge in [0, 0.05) is 11.3 Å². The lowest BCUT2D eigenvalue weighted by molar-refractivity contribution is -0.226. The van der Waals surface area contributed by atoms with Gasteiger partial charge in [-0.15, -0.1) is 0 Å². The summed E-state index contributed by atoms with van der Waals surface area (Å²) in [5, 5.41) is 44.3. The highest BCUT2D eigenvalue weighted by atomic mass is 16.3. The zero-order chi connectivity index (χ0) is 22.6. The number of fused-ring (bicyclic) bond motifs is 5. The smallest absolute Gasteiger partial charge is 0.0821 e. The highest BCUT2D eigenvalue weighted by Gasteiger charge is 2.68. The molecular weight excluding hydrogens is 388 g/mol. The summed E-state index contributed by atoms with van der Waals surface area (Å²) in [6.07, 6.45) is 10.2. The van der Waals surface area contributed by atoms with Gasteiger partial charge in [-0.1, -0.05) is 58.6 Å². The Labute approximate surface area is 189 Å². The molecule has 0 aromatic heterocycles. The van der Waals surface area contributed by atoms with Crippen molar-refractivity contribution in [3.63, 3.8) is 0 Å². The van der Waals surface area contributed by atoms with Gasteiger partial charge >= 0.3 is 0 Å². The van der Waals surface area contributed by atoms with Gasteiger partial charge in [0.2, 0.25) is 0 Å². The van der Waals surface area contributed by atoms with Crippen molar-refractivity contribution < 1.29 is 20.4 Å². The summed E-state index contributed by atoms with van der Waals surface area (Å²) in [7, 11) is 0. The molecule has 0 aromatic rings. The van der Waals surface area contributed by atoms with Crippen molar-refractivity contribution in [1.29, 1.82) is 0 Å². The Morgan fingerprint density at radius 2 is 1.77 bits per heavy atom. The summed E-state index contributed by atoms with van der Waals surface area (Å²) in [6, 6.07) is 0. The van der Waals surface area contributed by atoms with Gasteiger partial charge in [0.1, 0.15) is 0 Å². The van der Waals surface area contributed by atoms with Crippen LogP contribution in [0, 0.1) is 40.4 Å². The molecule has 0 saturated heterocycles. The maximum absolute atomic E-state index is 12.2. The van der Waals surface area contributed by atoms with Crippen molar-refractivity contribution >= 4 is 0 Å². The Bertz CT molecular complexity index is 689. The zero-order valence-corrected chi connectivity index (χ0v) is 20.2. The summed E-state index contributed by atoms with van der Waals surface area (Å²) in [5.74, 6) is 2.14. The zero-order valence-electron chi connectivity index (χ0n) is 20.2. The standard InChI is InChI=1S/C27H46O4/c1-17(2)6-5-7-18(3)21-8-9-22-24-23(30)15-19-14-20(29)10-11-26(19,16-28)27(24,31)13-12-25(21,22)4/h15,17-18,20-24,28-31H,5-14,16H2,1-4H3/t18-,20+,21-,22+,23+,24-,25-,26-,27-/m1/s1. The lowest BCUT2D eigenvalue weighted by Gasteiger charge is -2.64. The van der Waals surface area contributed by atoms with Crippen LogP contribution in [0.4, 0.5) is 0 Å². The van der Waals surface area contributed by atoms with Gasteiger partial charge < -0.3 is 20.4 Å². The lowest BCUT2D eigenvalue weighted by Crippen LogP contribution is -2.68. The molecule has 3 saturated carbocycles. The summed E-state index contributed by atoms with van der Waals surface area (Å²) in [6.45, 7) is 9.35. The van der Waals surface area contributed by atoms with Crippen molar-refractivity contribution in [2.75, 3.05) is 6.61 Å². The molecule has 178 valence electrons. The fraction of sp³-hybridized carbons (Fsp3) is 0.926. The van der Waals surface area contributed by atoms with E-state index < -0.39 is 23.2 Å². The fourth-order valence-electron chi connectivity index (χ4n) is 8.75. The van der Waals surface area contributed by atoms with Crippen LogP contribution < -0.4 is 0 Å². The number of hydrogen-bond donors (Lipinski definition) is 4. The van der Waals surface area contributed by atoms with E-state index in [1.807, 2.05) is 6.08 Å². The Balaban J connectivity index is 1.61. The van der Waals surface area contributed by atoms with Crippen LogP contribution in [0.15, 0.2) is 11.6 Å². The highest BCUT2D eigenvalue weighted by molar-refractivity contribution is 5.34. The summed E-state index contributed by atoms with van der Waals surface area (Å²) >= 11 is 0. The van der Waals surface area contributed by atoms with Gasteiger partial charge in [-0.25, -0.2) is 0 Å². The average Bonchev–Trinajstić information content (AvgIpc) is 3.04. The Hall–Kier alpha value is -0.420. The van der Waals surface area contributed by atoms with Gasteiger partial charge in [0.05, 0.1) is 24.4 Å². The molecule has 4 N–H and O–H groups in total. The first kappa shape index (κ1) is 23.7. The van der Waals surface area contributed by atoms with E-state index in [-0.39, 0.29) is 23.9 Å². The fourth-order valence-corrected chi connectivity index (χ4v) is 8.75. The van der Waals surface area contributed by atoms with Crippen molar-refractivity contribution in [3.05, 3.63) is 11.6 Å². The molecule has 4 rings (SSSR count). The van der Waals surface area contributed by atoms with Crippen LogP contribution in [-0.2, 0) is 0 Å². The Kier molecular flexibility index (Phi) is 6.44. The Morgan fingerprint density at radius 1 is 1.03 bits per heavy atom. The maximum atomic E-state index is 12.2. The van der Waals surface area contributed by atoms with E-state index >= 15 is 0 Å². The third-order valence-corrected chi connectivity index (χ3v) is 10.5. The number of aliphatic hydroxyl groups is 4. The van der Waals surface area contributed by atoms with Gasteiger partial charge in [-0.3, -0.25) is 0 Å². The molecule has 9 atom stereocenters. The molecule has 3 fully saturated rings. The van der Waals surface area contributed by atoms with Crippen LogP contribution in [0.2, 0.25) is 0 Å². The molecule has 31 heavy (non-hydrogen) atoms. The molecule has 0 spiro atoms. The lowest BCUT2D eigenvalue weighted by atomic mass is 9.43.